The standard InChI is InChI=1S/C14H26N2O3S/c1-4-14(5-2,20-3)10-15-13(19)16(9-12(17)18)8-11-6-7-11/h11H,4-10H2,1-3H3,(H,15,19)(H,17,18). The molecule has 1 saturated carbocycles. The van der Waals surface area contributed by atoms with Crippen LogP contribution < -0.4 is 5.32 Å². The first-order chi connectivity index (χ1) is 9.46. The second kappa shape index (κ2) is 7.76. The summed E-state index contributed by atoms with van der Waals surface area (Å²) in [6, 6.07) is -0.250. The number of nitrogens with zero attached hydrogens (tertiary/aromatic N) is 1. The molecule has 0 spiro atoms. The lowest BCUT2D eigenvalue weighted by atomic mass is 10.0. The summed E-state index contributed by atoms with van der Waals surface area (Å²) in [5.41, 5.74) is 0. The molecule has 2 amide bonds. The van der Waals surface area contributed by atoms with E-state index in [0.717, 1.165) is 25.7 Å². The van der Waals surface area contributed by atoms with E-state index >= 15 is 0 Å². The quantitative estimate of drug-likeness (QED) is 0.686. The zero-order valence-electron chi connectivity index (χ0n) is 12.6. The summed E-state index contributed by atoms with van der Waals surface area (Å²) in [4.78, 5) is 24.5. The van der Waals surface area contributed by atoms with Gasteiger partial charge in [0.2, 0.25) is 0 Å². The molecule has 1 aliphatic carbocycles. The van der Waals surface area contributed by atoms with Crippen molar-refractivity contribution in [3.8, 4) is 0 Å². The summed E-state index contributed by atoms with van der Waals surface area (Å²) in [7, 11) is 0. The molecule has 0 aromatic carbocycles. The van der Waals surface area contributed by atoms with Crippen LogP contribution in [-0.4, -0.2) is 52.6 Å². The van der Waals surface area contributed by atoms with Gasteiger partial charge in [0.15, 0.2) is 0 Å². The van der Waals surface area contributed by atoms with E-state index in [1.54, 1.807) is 11.8 Å². The smallest absolute Gasteiger partial charge is 0.323 e. The van der Waals surface area contributed by atoms with Crippen molar-refractivity contribution in [1.29, 1.82) is 0 Å². The Morgan fingerprint density at radius 2 is 1.95 bits per heavy atom. The number of carboxylic acids is 1. The summed E-state index contributed by atoms with van der Waals surface area (Å²) in [6.45, 7) is 5.16. The fourth-order valence-electron chi connectivity index (χ4n) is 2.20. The molecule has 20 heavy (non-hydrogen) atoms. The minimum absolute atomic E-state index is 0.0458. The molecule has 1 fully saturated rings. The number of carboxylic acid groups (broad SMARTS) is 1. The van der Waals surface area contributed by atoms with E-state index in [0.29, 0.717) is 19.0 Å². The third kappa shape index (κ3) is 5.23. The molecule has 0 unspecified atom stereocenters. The molecular formula is C14H26N2O3S. The van der Waals surface area contributed by atoms with E-state index in [9.17, 15) is 9.59 Å². The van der Waals surface area contributed by atoms with Crippen molar-refractivity contribution in [2.45, 2.75) is 44.3 Å². The van der Waals surface area contributed by atoms with Gasteiger partial charge in [-0.05, 0) is 37.9 Å². The lowest BCUT2D eigenvalue weighted by Crippen LogP contribution is -2.48. The molecule has 0 atom stereocenters. The Labute approximate surface area is 125 Å². The number of carbonyl (C=O) groups excluding carboxylic acids is 1. The van der Waals surface area contributed by atoms with Crippen molar-refractivity contribution in [1.82, 2.24) is 10.2 Å². The molecule has 2 N–H and O–H groups in total. The molecule has 0 saturated heterocycles. The van der Waals surface area contributed by atoms with Crippen LogP contribution in [0.4, 0.5) is 4.79 Å². The fourth-order valence-corrected chi connectivity index (χ4v) is 3.00. The van der Waals surface area contributed by atoms with Crippen LogP contribution in [-0.2, 0) is 4.79 Å². The number of carbonyl (C=O) groups is 2. The molecule has 0 aliphatic heterocycles. The molecule has 5 nitrogen and oxygen atoms in total. The maximum Gasteiger partial charge on any atom is 0.323 e. The third-order valence-corrected chi connectivity index (χ3v) is 5.66. The highest BCUT2D eigenvalue weighted by atomic mass is 32.2. The fraction of sp³-hybridized carbons (Fsp3) is 0.857. The van der Waals surface area contributed by atoms with Crippen molar-refractivity contribution in [2.24, 2.45) is 5.92 Å². The van der Waals surface area contributed by atoms with E-state index in [1.165, 1.54) is 4.90 Å². The normalized spacial score (nSPS) is 14.9. The molecule has 0 heterocycles. The van der Waals surface area contributed by atoms with Crippen LogP contribution in [0.3, 0.4) is 0 Å². The van der Waals surface area contributed by atoms with Crippen LogP contribution in [0, 0.1) is 5.92 Å². The van der Waals surface area contributed by atoms with Gasteiger partial charge in [-0.2, -0.15) is 11.8 Å². The largest absolute Gasteiger partial charge is 0.480 e. The van der Waals surface area contributed by atoms with Crippen molar-refractivity contribution in [3.63, 3.8) is 0 Å². The predicted octanol–water partition coefficient (Wildman–Crippen LogP) is 2.41. The first kappa shape index (κ1) is 17.1. The zero-order chi connectivity index (χ0) is 15.2. The summed E-state index contributed by atoms with van der Waals surface area (Å²) < 4.78 is 0.0458. The number of nitrogens with one attached hydrogen (secondary N) is 1. The Hall–Kier alpha value is -0.910. The predicted molar refractivity (Wildman–Crippen MR) is 82.2 cm³/mol. The van der Waals surface area contributed by atoms with Gasteiger partial charge in [-0.1, -0.05) is 13.8 Å². The average molecular weight is 302 g/mol. The third-order valence-electron chi connectivity index (χ3n) is 4.07. The molecule has 0 aromatic rings. The second-order valence-electron chi connectivity index (χ2n) is 5.47. The Kier molecular flexibility index (Phi) is 6.65. The van der Waals surface area contributed by atoms with E-state index in [4.69, 9.17) is 5.11 Å². The number of hydrogen-bond acceptors (Lipinski definition) is 3. The molecule has 0 radical (unpaired) electrons. The van der Waals surface area contributed by atoms with Gasteiger partial charge >= 0.3 is 12.0 Å². The van der Waals surface area contributed by atoms with Crippen molar-refractivity contribution in [3.05, 3.63) is 0 Å². The number of rotatable bonds is 9. The van der Waals surface area contributed by atoms with E-state index < -0.39 is 5.97 Å². The van der Waals surface area contributed by atoms with Crippen molar-refractivity contribution < 1.29 is 14.7 Å². The highest BCUT2D eigenvalue weighted by Crippen LogP contribution is 2.31. The van der Waals surface area contributed by atoms with Crippen LogP contribution in [0.15, 0.2) is 0 Å². The second-order valence-corrected chi connectivity index (χ2v) is 6.74. The van der Waals surface area contributed by atoms with Crippen molar-refractivity contribution in [2.75, 3.05) is 25.9 Å². The maximum atomic E-state index is 12.2. The van der Waals surface area contributed by atoms with E-state index in [1.807, 2.05) is 0 Å². The minimum atomic E-state index is -0.956. The molecule has 6 heteroatoms. The Morgan fingerprint density at radius 1 is 1.35 bits per heavy atom. The van der Waals surface area contributed by atoms with E-state index in [2.05, 4.69) is 25.4 Å². The van der Waals surface area contributed by atoms with Crippen LogP contribution in [0.2, 0.25) is 0 Å². The van der Waals surface area contributed by atoms with Gasteiger partial charge in [-0.25, -0.2) is 4.79 Å². The molecule has 1 rings (SSSR count). The SMILES string of the molecule is CCC(CC)(CNC(=O)N(CC(=O)O)CC1CC1)SC. The molecule has 0 aromatic heterocycles. The number of amides is 2. The van der Waals surface area contributed by atoms with Crippen molar-refractivity contribution >= 4 is 23.8 Å². The van der Waals surface area contributed by atoms with Gasteiger partial charge in [-0.15, -0.1) is 0 Å². The average Bonchev–Trinajstić information content (AvgIpc) is 3.23. The monoisotopic (exact) mass is 302 g/mol. The van der Waals surface area contributed by atoms with Gasteiger partial charge < -0.3 is 15.3 Å². The van der Waals surface area contributed by atoms with Crippen LogP contribution in [0.1, 0.15) is 39.5 Å². The first-order valence-electron chi connectivity index (χ1n) is 7.26. The lowest BCUT2D eigenvalue weighted by Gasteiger charge is -2.31. The highest BCUT2D eigenvalue weighted by Gasteiger charge is 2.30. The summed E-state index contributed by atoms with van der Waals surface area (Å²) >= 11 is 1.76. The number of urea groups is 1. The number of thioether (sulfide) groups is 1. The van der Waals surface area contributed by atoms with Gasteiger partial charge in [-0.3, -0.25) is 4.79 Å². The molecule has 0 bridgehead atoms. The topological polar surface area (TPSA) is 69.6 Å². The lowest BCUT2D eigenvalue weighted by molar-refractivity contribution is -0.137. The van der Waals surface area contributed by atoms with Crippen LogP contribution in [0.5, 0.6) is 0 Å². The molecular weight excluding hydrogens is 276 g/mol. The number of hydrogen-bond donors (Lipinski definition) is 2. The molecule has 1 aliphatic rings. The summed E-state index contributed by atoms with van der Waals surface area (Å²) in [5, 5.41) is 11.8. The minimum Gasteiger partial charge on any atom is -0.480 e. The van der Waals surface area contributed by atoms with Crippen LogP contribution >= 0.6 is 11.8 Å². The highest BCUT2D eigenvalue weighted by molar-refractivity contribution is 8.00. The maximum absolute atomic E-state index is 12.2. The Balaban J connectivity index is 2.53. The summed E-state index contributed by atoms with van der Waals surface area (Å²) in [5.74, 6) is -0.467. The van der Waals surface area contributed by atoms with E-state index in [-0.39, 0.29) is 17.3 Å². The number of aliphatic carboxylic acids is 1. The zero-order valence-corrected chi connectivity index (χ0v) is 13.5. The van der Waals surface area contributed by atoms with Gasteiger partial charge in [0.25, 0.3) is 0 Å². The van der Waals surface area contributed by atoms with Gasteiger partial charge in [0, 0.05) is 17.8 Å². The molecule has 116 valence electrons. The van der Waals surface area contributed by atoms with Gasteiger partial charge in [0.05, 0.1) is 0 Å². The van der Waals surface area contributed by atoms with Gasteiger partial charge in [0.1, 0.15) is 6.54 Å². The first-order valence-corrected chi connectivity index (χ1v) is 8.48. The Bertz CT molecular complexity index is 333. The Morgan fingerprint density at radius 3 is 2.35 bits per heavy atom. The van der Waals surface area contributed by atoms with Crippen LogP contribution in [0.25, 0.3) is 0 Å². The summed E-state index contributed by atoms with van der Waals surface area (Å²) in [6.07, 6.45) is 6.21.